The smallest absolute Gasteiger partial charge is 0.255 e. The zero-order chi connectivity index (χ0) is 17.4. The highest BCUT2D eigenvalue weighted by Crippen LogP contribution is 2.18. The number of rotatable bonds is 6. The first kappa shape index (κ1) is 17.1. The number of nitrogens with two attached hydrogens (primary N) is 1. The largest absolute Gasteiger partial charge is 0.397 e. The number of nitrogen functional groups attached to an aromatic ring is 1. The molecule has 122 valence electrons. The van der Waals surface area contributed by atoms with Crippen LogP contribution in [0.3, 0.4) is 0 Å². The lowest BCUT2D eigenvalue weighted by atomic mass is 10.2. The number of ether oxygens (including phenoxy) is 1. The second kappa shape index (κ2) is 8.36. The maximum absolute atomic E-state index is 12.2. The average molecular weight is 323 g/mol. The summed E-state index contributed by atoms with van der Waals surface area (Å²) in [6.07, 6.45) is 5.02. The summed E-state index contributed by atoms with van der Waals surface area (Å²) in [5, 5.41) is 5.37. The number of benzene rings is 2. The van der Waals surface area contributed by atoms with Gasteiger partial charge in [-0.3, -0.25) is 9.59 Å². The molecular formula is C18H17N3O3. The standard InChI is InChI=1S/C18H17N3O3/c1-2-11-24-12-17(22)20-14-9-7-13(8-10-14)18(23)21-16-6-4-3-5-15(16)19/h1,3-10H,11-12,19H2,(H,20,22)(H,21,23). The molecule has 2 amide bonds. The van der Waals surface area contributed by atoms with Crippen LogP contribution in [0.5, 0.6) is 0 Å². The van der Waals surface area contributed by atoms with Gasteiger partial charge in [0.05, 0.1) is 11.4 Å². The van der Waals surface area contributed by atoms with Crippen molar-refractivity contribution in [1.29, 1.82) is 0 Å². The first-order valence-corrected chi connectivity index (χ1v) is 7.17. The van der Waals surface area contributed by atoms with Gasteiger partial charge in [0.25, 0.3) is 5.91 Å². The van der Waals surface area contributed by atoms with Gasteiger partial charge < -0.3 is 21.1 Å². The van der Waals surface area contributed by atoms with E-state index < -0.39 is 0 Å². The Morgan fingerprint density at radius 3 is 2.46 bits per heavy atom. The van der Waals surface area contributed by atoms with E-state index in [9.17, 15) is 9.59 Å². The summed E-state index contributed by atoms with van der Waals surface area (Å²) in [6.45, 7) is -0.0468. The van der Waals surface area contributed by atoms with Crippen LogP contribution in [0.1, 0.15) is 10.4 Å². The molecule has 24 heavy (non-hydrogen) atoms. The maximum Gasteiger partial charge on any atom is 0.255 e. The number of hydrogen-bond acceptors (Lipinski definition) is 4. The lowest BCUT2D eigenvalue weighted by Crippen LogP contribution is -2.18. The molecule has 6 nitrogen and oxygen atoms in total. The molecule has 2 aromatic carbocycles. The van der Waals surface area contributed by atoms with Crippen LogP contribution in [0.4, 0.5) is 17.1 Å². The van der Waals surface area contributed by atoms with Crippen LogP contribution in [0.2, 0.25) is 0 Å². The highest BCUT2D eigenvalue weighted by molar-refractivity contribution is 6.06. The minimum Gasteiger partial charge on any atom is -0.397 e. The van der Waals surface area contributed by atoms with Crippen LogP contribution in [-0.2, 0) is 9.53 Å². The van der Waals surface area contributed by atoms with Crippen LogP contribution >= 0.6 is 0 Å². The molecule has 0 saturated heterocycles. The lowest BCUT2D eigenvalue weighted by Gasteiger charge is -2.09. The maximum atomic E-state index is 12.2. The fourth-order valence-electron chi connectivity index (χ4n) is 1.91. The van der Waals surface area contributed by atoms with E-state index in [-0.39, 0.29) is 25.0 Å². The molecule has 0 bridgehead atoms. The molecule has 0 aliphatic heterocycles. The molecule has 0 spiro atoms. The van der Waals surface area contributed by atoms with Gasteiger partial charge in [-0.15, -0.1) is 6.42 Å². The van der Waals surface area contributed by atoms with Crippen molar-refractivity contribution in [1.82, 2.24) is 0 Å². The number of anilines is 3. The zero-order valence-corrected chi connectivity index (χ0v) is 12.9. The molecule has 4 N–H and O–H groups in total. The quantitative estimate of drug-likeness (QED) is 0.431. The summed E-state index contributed by atoms with van der Waals surface area (Å²) >= 11 is 0. The van der Waals surface area contributed by atoms with E-state index in [0.29, 0.717) is 22.6 Å². The number of carbonyl (C=O) groups is 2. The summed E-state index contributed by atoms with van der Waals surface area (Å²) in [4.78, 5) is 23.8. The highest BCUT2D eigenvalue weighted by atomic mass is 16.5. The Bertz CT molecular complexity index is 764. The predicted molar refractivity (Wildman–Crippen MR) is 93.5 cm³/mol. The number of amides is 2. The van der Waals surface area contributed by atoms with Gasteiger partial charge in [0.15, 0.2) is 0 Å². The first-order chi connectivity index (χ1) is 11.6. The summed E-state index contributed by atoms with van der Waals surface area (Å²) < 4.78 is 4.93. The molecule has 0 aliphatic rings. The Labute approximate surface area is 140 Å². The molecule has 0 radical (unpaired) electrons. The Balaban J connectivity index is 1.94. The van der Waals surface area contributed by atoms with Crippen molar-refractivity contribution in [3.05, 3.63) is 54.1 Å². The Morgan fingerprint density at radius 2 is 1.79 bits per heavy atom. The van der Waals surface area contributed by atoms with Crippen molar-refractivity contribution in [3.8, 4) is 12.3 Å². The van der Waals surface area contributed by atoms with Gasteiger partial charge in [0.2, 0.25) is 5.91 Å². The lowest BCUT2D eigenvalue weighted by molar-refractivity contribution is -0.120. The Morgan fingerprint density at radius 1 is 1.08 bits per heavy atom. The van der Waals surface area contributed by atoms with Gasteiger partial charge in [-0.25, -0.2) is 0 Å². The van der Waals surface area contributed by atoms with Crippen molar-refractivity contribution in [3.63, 3.8) is 0 Å². The van der Waals surface area contributed by atoms with Crippen molar-refractivity contribution in [2.24, 2.45) is 0 Å². The van der Waals surface area contributed by atoms with E-state index in [1.807, 2.05) is 0 Å². The topological polar surface area (TPSA) is 93.4 Å². The van der Waals surface area contributed by atoms with Gasteiger partial charge in [-0.1, -0.05) is 18.1 Å². The fraction of sp³-hybridized carbons (Fsp3) is 0.111. The van der Waals surface area contributed by atoms with E-state index in [4.69, 9.17) is 16.9 Å². The SMILES string of the molecule is C#CCOCC(=O)Nc1ccc(C(=O)Nc2ccccc2N)cc1. The van der Waals surface area contributed by atoms with Crippen LogP contribution in [0.25, 0.3) is 0 Å². The number of para-hydroxylation sites is 2. The molecule has 2 rings (SSSR count). The second-order valence-electron chi connectivity index (χ2n) is 4.86. The van der Waals surface area contributed by atoms with Crippen LogP contribution < -0.4 is 16.4 Å². The molecule has 0 saturated carbocycles. The van der Waals surface area contributed by atoms with Crippen molar-refractivity contribution in [2.75, 3.05) is 29.6 Å². The first-order valence-electron chi connectivity index (χ1n) is 7.17. The average Bonchev–Trinajstić information content (AvgIpc) is 2.58. The third kappa shape index (κ3) is 4.87. The summed E-state index contributed by atoms with van der Waals surface area (Å²) in [5.41, 5.74) is 7.82. The van der Waals surface area contributed by atoms with Gasteiger partial charge in [-0.05, 0) is 36.4 Å². The third-order valence-electron chi connectivity index (χ3n) is 3.06. The Kier molecular flexibility index (Phi) is 5.95. The van der Waals surface area contributed by atoms with Gasteiger partial charge in [-0.2, -0.15) is 0 Å². The van der Waals surface area contributed by atoms with Crippen molar-refractivity contribution < 1.29 is 14.3 Å². The molecule has 0 aromatic heterocycles. The zero-order valence-electron chi connectivity index (χ0n) is 12.9. The van der Waals surface area contributed by atoms with Gasteiger partial charge in [0.1, 0.15) is 13.2 Å². The van der Waals surface area contributed by atoms with Gasteiger partial charge in [0, 0.05) is 11.3 Å². The Hall–Kier alpha value is -3.30. The predicted octanol–water partition coefficient (Wildman–Crippen LogP) is 2.11. The van der Waals surface area contributed by atoms with E-state index in [0.717, 1.165) is 0 Å². The molecule has 0 atom stereocenters. The summed E-state index contributed by atoms with van der Waals surface area (Å²) in [7, 11) is 0. The molecule has 6 heteroatoms. The molecule has 2 aromatic rings. The number of terminal acetylenes is 1. The number of carbonyl (C=O) groups excluding carboxylic acids is 2. The van der Waals surface area contributed by atoms with E-state index in [2.05, 4.69) is 16.6 Å². The number of nitrogens with one attached hydrogen (secondary N) is 2. The van der Waals surface area contributed by atoms with Crippen LogP contribution in [-0.4, -0.2) is 25.0 Å². The summed E-state index contributed by atoms with van der Waals surface area (Å²) in [5.74, 6) is 1.67. The molecule has 0 heterocycles. The molecule has 0 fully saturated rings. The minimum absolute atomic E-state index is 0.0785. The third-order valence-corrected chi connectivity index (χ3v) is 3.06. The minimum atomic E-state index is -0.320. The fourth-order valence-corrected chi connectivity index (χ4v) is 1.91. The molecule has 0 unspecified atom stereocenters. The number of hydrogen-bond donors (Lipinski definition) is 3. The van der Waals surface area contributed by atoms with E-state index in [1.165, 1.54) is 0 Å². The second-order valence-corrected chi connectivity index (χ2v) is 4.86. The van der Waals surface area contributed by atoms with Gasteiger partial charge >= 0.3 is 0 Å². The molecule has 0 aliphatic carbocycles. The van der Waals surface area contributed by atoms with Crippen LogP contribution in [0.15, 0.2) is 48.5 Å². The van der Waals surface area contributed by atoms with E-state index >= 15 is 0 Å². The molecular weight excluding hydrogens is 306 g/mol. The van der Waals surface area contributed by atoms with E-state index in [1.54, 1.807) is 48.5 Å². The monoisotopic (exact) mass is 323 g/mol. The van der Waals surface area contributed by atoms with Crippen molar-refractivity contribution >= 4 is 28.9 Å². The van der Waals surface area contributed by atoms with Crippen molar-refractivity contribution in [2.45, 2.75) is 0 Å². The summed E-state index contributed by atoms with van der Waals surface area (Å²) in [6, 6.07) is 13.5. The highest BCUT2D eigenvalue weighted by Gasteiger charge is 2.08. The van der Waals surface area contributed by atoms with Crippen LogP contribution in [0, 0.1) is 12.3 Å². The normalized spacial score (nSPS) is 9.79.